The SMILES string of the molecule is CNC1C(OC2C(OC3C(O)C(O)C(NC(=N)N)C(O)C3N=C(N)N)OC(C)C2(O)CO)OC(CO)C(O)C1O.O=S(=O)(O)O.O=S(=O)(O)O.O=S(=O)(O)O. The lowest BCUT2D eigenvalue weighted by Crippen LogP contribution is -2.70. The van der Waals surface area contributed by atoms with Gasteiger partial charge in [-0.25, -0.2) is 4.99 Å². The van der Waals surface area contributed by atoms with Crippen LogP contribution in [-0.2, 0) is 50.1 Å². The van der Waals surface area contributed by atoms with E-state index in [1.807, 2.05) is 0 Å². The van der Waals surface area contributed by atoms with E-state index in [1.54, 1.807) is 0 Å². The van der Waals surface area contributed by atoms with Crippen LogP contribution in [0.3, 0.4) is 0 Å². The summed E-state index contributed by atoms with van der Waals surface area (Å²) < 4.78 is 118. The Morgan fingerprint density at radius 3 is 1.60 bits per heavy atom. The minimum Gasteiger partial charge on any atom is -0.394 e. The monoisotopic (exact) mass is 877 g/mol. The highest BCUT2D eigenvalue weighted by Gasteiger charge is 2.60. The lowest BCUT2D eigenvalue weighted by atomic mass is 9.81. The first-order valence-corrected chi connectivity index (χ1v) is 18.8. The van der Waals surface area contributed by atoms with E-state index in [0.29, 0.717) is 0 Å². The van der Waals surface area contributed by atoms with Crippen molar-refractivity contribution in [3.8, 4) is 0 Å². The second-order valence-electron chi connectivity index (χ2n) is 11.4. The Balaban J connectivity index is 0.00000164. The Hall–Kier alpha value is -2.37. The van der Waals surface area contributed by atoms with Crippen LogP contribution in [0.1, 0.15) is 6.92 Å². The average Bonchev–Trinajstić information content (AvgIpc) is 3.23. The van der Waals surface area contributed by atoms with Crippen LogP contribution in [0.5, 0.6) is 0 Å². The molecule has 1 saturated carbocycles. The summed E-state index contributed by atoms with van der Waals surface area (Å²) in [6, 6.07) is -3.94. The van der Waals surface area contributed by atoms with E-state index in [-0.39, 0.29) is 0 Å². The molecule has 0 spiro atoms. The molecular formula is C21H47N7O24S3. The predicted octanol–water partition coefficient (Wildman–Crippen LogP) is -10.1. The van der Waals surface area contributed by atoms with Crippen molar-refractivity contribution in [2.24, 2.45) is 22.2 Å². The fourth-order valence-corrected chi connectivity index (χ4v) is 5.22. The number of hydrogen-bond donors (Lipinski definition) is 20. The molecule has 3 fully saturated rings. The molecule has 0 aromatic carbocycles. The number of guanidine groups is 2. The number of hydrogen-bond acceptors (Lipinski definition) is 21. The standard InChI is InChI=1S/C21H41N7O12.3H2O4S/c1-5-21(36,4-30)16(40-17-9(26-2)13(34)10(31)6(3-29)38-17)18(37-5)39-15-8(28-20(24)25)11(32)7(27-19(22)23)12(33)14(15)35;3*1-5(2,3)4/h5-18,26,29-36H,3-4H2,1-2H3,(H4,22,23,27)(H4,24,25,28);3*(H2,1,2,3,4). The highest BCUT2D eigenvalue weighted by Crippen LogP contribution is 2.39. The Bertz CT molecular complexity index is 1480. The number of rotatable bonds is 9. The van der Waals surface area contributed by atoms with E-state index in [2.05, 4.69) is 15.6 Å². The molecule has 2 saturated heterocycles. The van der Waals surface area contributed by atoms with Crippen molar-refractivity contribution in [2.45, 2.75) is 98.2 Å². The van der Waals surface area contributed by atoms with Crippen LogP contribution in [0.25, 0.3) is 0 Å². The van der Waals surface area contributed by atoms with E-state index in [4.69, 9.17) is 94.1 Å². The van der Waals surface area contributed by atoms with Gasteiger partial charge in [0.1, 0.15) is 60.5 Å². The quantitative estimate of drug-likeness (QED) is 0.0581. The smallest absolute Gasteiger partial charge is 0.394 e. The molecule has 55 heavy (non-hydrogen) atoms. The molecule has 34 heteroatoms. The molecule has 2 heterocycles. The molecule has 3 rings (SSSR count). The first-order valence-electron chi connectivity index (χ1n) is 14.6. The fourth-order valence-electron chi connectivity index (χ4n) is 5.22. The van der Waals surface area contributed by atoms with Crippen LogP contribution in [0.15, 0.2) is 4.99 Å². The van der Waals surface area contributed by atoms with Gasteiger partial charge in [0.25, 0.3) is 0 Å². The molecular weight excluding hydrogens is 830 g/mol. The molecule has 328 valence electrons. The Morgan fingerprint density at radius 2 is 1.22 bits per heavy atom. The molecule has 31 nitrogen and oxygen atoms in total. The molecule has 15 unspecified atom stereocenters. The lowest BCUT2D eigenvalue weighted by molar-refractivity contribution is -0.317. The maximum atomic E-state index is 11.3. The Morgan fingerprint density at radius 1 is 0.764 bits per heavy atom. The third-order valence-electron chi connectivity index (χ3n) is 7.55. The molecule has 0 radical (unpaired) electrons. The fraction of sp³-hybridized carbons (Fsp3) is 0.905. The van der Waals surface area contributed by atoms with Crippen molar-refractivity contribution < 1.29 is 112 Å². The molecule has 23 N–H and O–H groups in total. The number of nitrogens with zero attached hydrogens (tertiary/aromatic N) is 1. The van der Waals surface area contributed by atoms with Crippen molar-refractivity contribution in [1.82, 2.24) is 10.6 Å². The average molecular weight is 878 g/mol. The predicted molar refractivity (Wildman–Crippen MR) is 176 cm³/mol. The van der Waals surface area contributed by atoms with Crippen LogP contribution in [0, 0.1) is 5.41 Å². The lowest BCUT2D eigenvalue weighted by Gasteiger charge is -2.46. The van der Waals surface area contributed by atoms with Crippen molar-refractivity contribution in [3.05, 3.63) is 0 Å². The summed E-state index contributed by atoms with van der Waals surface area (Å²) in [5.74, 6) is -1.13. The number of nitrogens with two attached hydrogens (primary N) is 3. The van der Waals surface area contributed by atoms with E-state index in [9.17, 15) is 40.9 Å². The van der Waals surface area contributed by atoms with Crippen LogP contribution >= 0.6 is 0 Å². The zero-order chi connectivity index (χ0) is 43.6. The zero-order valence-electron chi connectivity index (χ0n) is 28.2. The van der Waals surface area contributed by atoms with Crippen LogP contribution < -0.4 is 27.8 Å². The number of aliphatic hydroxyl groups excluding tert-OH is 7. The summed E-state index contributed by atoms with van der Waals surface area (Å²) >= 11 is 0. The topological polar surface area (TPSA) is 561 Å². The van der Waals surface area contributed by atoms with Crippen LogP contribution in [0.2, 0.25) is 0 Å². The summed E-state index contributed by atoms with van der Waals surface area (Å²) in [6.07, 6.45) is -16.9. The second-order valence-corrected chi connectivity index (χ2v) is 14.1. The van der Waals surface area contributed by atoms with Gasteiger partial charge in [-0.1, -0.05) is 0 Å². The highest BCUT2D eigenvalue weighted by molar-refractivity contribution is 7.80. The summed E-state index contributed by atoms with van der Waals surface area (Å²) in [7, 11) is -12.6. The molecule has 15 atom stereocenters. The molecule has 0 amide bonds. The van der Waals surface area contributed by atoms with E-state index in [1.165, 1.54) is 14.0 Å². The highest BCUT2D eigenvalue weighted by atomic mass is 32.3. The van der Waals surface area contributed by atoms with Crippen LogP contribution in [-0.4, -0.2) is 217 Å². The molecule has 2 aliphatic heterocycles. The third kappa shape index (κ3) is 17.8. The second kappa shape index (κ2) is 21.4. The van der Waals surface area contributed by atoms with Crippen molar-refractivity contribution in [3.63, 3.8) is 0 Å². The molecule has 1 aliphatic carbocycles. The summed E-state index contributed by atoms with van der Waals surface area (Å²) in [6.45, 7) is -0.204. The van der Waals surface area contributed by atoms with Gasteiger partial charge in [-0.2, -0.15) is 25.3 Å². The first kappa shape index (κ1) is 52.6. The number of aliphatic imine (C=N–C) groups is 1. The maximum Gasteiger partial charge on any atom is 0.394 e. The van der Waals surface area contributed by atoms with E-state index in [0.717, 1.165) is 0 Å². The largest absolute Gasteiger partial charge is 0.394 e. The van der Waals surface area contributed by atoms with Crippen LogP contribution in [0.4, 0.5) is 0 Å². The van der Waals surface area contributed by atoms with Gasteiger partial charge in [0.05, 0.1) is 31.4 Å². The van der Waals surface area contributed by atoms with Gasteiger partial charge in [-0.15, -0.1) is 0 Å². The zero-order valence-corrected chi connectivity index (χ0v) is 30.7. The molecule has 0 aromatic rings. The third-order valence-corrected chi connectivity index (χ3v) is 7.55. The Labute approximate surface area is 311 Å². The number of nitrogens with one attached hydrogen (secondary N) is 3. The summed E-state index contributed by atoms with van der Waals surface area (Å²) in [5, 5.41) is 96.7. The van der Waals surface area contributed by atoms with Gasteiger partial charge in [0, 0.05) is 0 Å². The van der Waals surface area contributed by atoms with Crippen molar-refractivity contribution in [2.75, 3.05) is 20.3 Å². The van der Waals surface area contributed by atoms with E-state index < -0.39 is 148 Å². The minimum absolute atomic E-state index is 0.516. The maximum absolute atomic E-state index is 11.3. The number of aliphatic hydroxyl groups is 8. The molecule has 3 aliphatic rings. The Kier molecular flexibility index (Phi) is 20.5. The normalized spacial score (nSPS) is 37.7. The van der Waals surface area contributed by atoms with E-state index >= 15 is 0 Å². The minimum atomic E-state index is -4.67. The van der Waals surface area contributed by atoms with Gasteiger partial charge in [-0.3, -0.25) is 32.7 Å². The number of likely N-dealkylation sites (N-methyl/N-ethyl adjacent to an activating group) is 1. The van der Waals surface area contributed by atoms with Gasteiger partial charge >= 0.3 is 31.2 Å². The van der Waals surface area contributed by atoms with Crippen molar-refractivity contribution >= 4 is 43.1 Å². The summed E-state index contributed by atoms with van der Waals surface area (Å²) in [4.78, 5) is 3.91. The number of ether oxygens (including phenoxy) is 4. The first-order chi connectivity index (χ1) is 24.7. The van der Waals surface area contributed by atoms with Gasteiger partial charge in [-0.05, 0) is 14.0 Å². The molecule has 0 bridgehead atoms. The van der Waals surface area contributed by atoms with Gasteiger partial charge < -0.3 is 87.6 Å². The molecule has 0 aromatic heterocycles. The van der Waals surface area contributed by atoms with Crippen molar-refractivity contribution in [1.29, 1.82) is 5.41 Å². The van der Waals surface area contributed by atoms with Gasteiger partial charge in [0.15, 0.2) is 24.5 Å². The summed E-state index contributed by atoms with van der Waals surface area (Å²) in [5.41, 5.74) is 14.2. The van der Waals surface area contributed by atoms with Gasteiger partial charge in [0.2, 0.25) is 0 Å².